The van der Waals surface area contributed by atoms with E-state index < -0.39 is 5.60 Å². The molecule has 0 unspecified atom stereocenters. The van der Waals surface area contributed by atoms with Gasteiger partial charge in [0.25, 0.3) is 5.91 Å². The van der Waals surface area contributed by atoms with Gasteiger partial charge in [0.2, 0.25) is 0 Å². The van der Waals surface area contributed by atoms with Crippen molar-refractivity contribution in [2.24, 2.45) is 0 Å². The summed E-state index contributed by atoms with van der Waals surface area (Å²) < 4.78 is 16.4. The van der Waals surface area contributed by atoms with Gasteiger partial charge in [0, 0.05) is 19.4 Å². The highest BCUT2D eigenvalue weighted by atomic mass is 16.5. The topological polar surface area (TPSA) is 56.8 Å². The fraction of sp³-hybridized carbons (Fsp3) is 0.650. The highest BCUT2D eigenvalue weighted by molar-refractivity contribution is 5.97. The molecule has 5 nitrogen and oxygen atoms in total. The van der Waals surface area contributed by atoms with E-state index in [1.807, 2.05) is 38.1 Å². The van der Waals surface area contributed by atoms with Gasteiger partial charge in [0.15, 0.2) is 0 Å². The van der Waals surface area contributed by atoms with E-state index in [1.54, 1.807) is 7.11 Å². The van der Waals surface area contributed by atoms with Gasteiger partial charge in [-0.05, 0) is 44.0 Å². The zero-order valence-corrected chi connectivity index (χ0v) is 16.1. The molecule has 1 amide bonds. The molecule has 0 saturated carbocycles. The summed E-state index contributed by atoms with van der Waals surface area (Å²) in [6.45, 7) is 7.72. The van der Waals surface area contributed by atoms with Crippen molar-refractivity contribution in [2.75, 3.05) is 32.2 Å². The summed E-state index contributed by atoms with van der Waals surface area (Å²) in [7, 11) is 1.64. The zero-order valence-electron chi connectivity index (χ0n) is 16.1. The molecule has 0 fully saturated rings. The van der Waals surface area contributed by atoms with Crippen molar-refractivity contribution in [3.05, 3.63) is 24.3 Å². The van der Waals surface area contributed by atoms with Crippen molar-refractivity contribution >= 4 is 11.6 Å². The minimum Gasteiger partial charge on any atom is -0.491 e. The van der Waals surface area contributed by atoms with Gasteiger partial charge in [-0.1, -0.05) is 33.1 Å². The van der Waals surface area contributed by atoms with Crippen molar-refractivity contribution < 1.29 is 19.0 Å². The van der Waals surface area contributed by atoms with Crippen molar-refractivity contribution in [1.82, 2.24) is 0 Å². The maximum absolute atomic E-state index is 12.7. The monoisotopic (exact) mass is 351 g/mol. The Labute approximate surface area is 152 Å². The molecule has 0 spiro atoms. The number of methoxy groups -OCH3 is 1. The summed E-state index contributed by atoms with van der Waals surface area (Å²) in [5.41, 5.74) is -0.0513. The number of carbonyl (C=O) groups is 1. The van der Waals surface area contributed by atoms with Crippen LogP contribution in [-0.2, 0) is 14.3 Å². The van der Waals surface area contributed by atoms with Crippen LogP contribution in [0.4, 0.5) is 5.69 Å². The number of nitrogens with one attached hydrogen (secondary N) is 1. The Kier molecular flexibility index (Phi) is 10.2. The van der Waals surface area contributed by atoms with E-state index in [-0.39, 0.29) is 5.91 Å². The van der Waals surface area contributed by atoms with E-state index in [0.717, 1.165) is 43.5 Å². The second-order valence-electron chi connectivity index (χ2n) is 6.36. The van der Waals surface area contributed by atoms with Gasteiger partial charge in [0.1, 0.15) is 18.0 Å². The molecule has 0 aliphatic rings. The van der Waals surface area contributed by atoms with Crippen LogP contribution in [0, 0.1) is 0 Å². The molecule has 1 rings (SSSR count). The van der Waals surface area contributed by atoms with Gasteiger partial charge in [0.05, 0.1) is 6.61 Å². The molecule has 1 aromatic rings. The molecule has 1 aromatic carbocycles. The number of unbranched alkanes of at least 4 members (excludes halogenated alkanes) is 2. The molecular weight excluding hydrogens is 318 g/mol. The molecule has 25 heavy (non-hydrogen) atoms. The first-order valence-corrected chi connectivity index (χ1v) is 9.23. The lowest BCUT2D eigenvalue weighted by Crippen LogP contribution is -2.43. The average Bonchev–Trinajstić information content (AvgIpc) is 2.62. The van der Waals surface area contributed by atoms with Crippen LogP contribution in [-0.4, -0.2) is 38.4 Å². The predicted octanol–water partition coefficient (Wildman–Crippen LogP) is 4.42. The molecule has 0 aliphatic heterocycles. The summed E-state index contributed by atoms with van der Waals surface area (Å²) in [6.07, 6.45) is 4.83. The summed E-state index contributed by atoms with van der Waals surface area (Å²) in [5.74, 6) is 0.660. The van der Waals surface area contributed by atoms with E-state index in [9.17, 15) is 4.79 Å². The fourth-order valence-corrected chi connectivity index (χ4v) is 2.43. The lowest BCUT2D eigenvalue weighted by atomic mass is 9.96. The Morgan fingerprint density at radius 2 is 1.76 bits per heavy atom. The van der Waals surface area contributed by atoms with Crippen LogP contribution in [0.2, 0.25) is 0 Å². The lowest BCUT2D eigenvalue weighted by molar-refractivity contribution is -0.140. The van der Waals surface area contributed by atoms with Gasteiger partial charge in [-0.2, -0.15) is 0 Å². The van der Waals surface area contributed by atoms with Crippen molar-refractivity contribution in [1.29, 1.82) is 0 Å². The number of ether oxygens (including phenoxy) is 3. The van der Waals surface area contributed by atoms with Gasteiger partial charge >= 0.3 is 0 Å². The molecule has 0 radical (unpaired) electrons. The average molecular weight is 351 g/mol. The summed E-state index contributed by atoms with van der Waals surface area (Å²) in [6, 6.07) is 7.36. The Bertz CT molecular complexity index is 489. The van der Waals surface area contributed by atoms with Crippen LogP contribution in [0.1, 0.15) is 52.9 Å². The first-order valence-electron chi connectivity index (χ1n) is 9.23. The van der Waals surface area contributed by atoms with Crippen LogP contribution in [0.15, 0.2) is 24.3 Å². The third kappa shape index (κ3) is 7.88. The number of hydrogen-bond acceptors (Lipinski definition) is 4. The predicted molar refractivity (Wildman–Crippen MR) is 101 cm³/mol. The molecule has 142 valence electrons. The lowest BCUT2D eigenvalue weighted by Gasteiger charge is -2.28. The van der Waals surface area contributed by atoms with Gasteiger partial charge in [-0.3, -0.25) is 4.79 Å². The third-order valence-electron chi connectivity index (χ3n) is 4.03. The summed E-state index contributed by atoms with van der Waals surface area (Å²) in [4.78, 5) is 12.7. The standard InChI is InChI=1S/C20H33NO4/c1-5-7-8-13-20(3,25-14-6-2)19(22)21-17-9-11-18(12-10-17)24-16-15-23-4/h9-12H,5-8,13-16H2,1-4H3,(H,21,22)/t20-/m0/s1. The van der Waals surface area contributed by atoms with Crippen LogP contribution in [0.5, 0.6) is 5.75 Å². The van der Waals surface area contributed by atoms with Crippen LogP contribution in [0.25, 0.3) is 0 Å². The minimum absolute atomic E-state index is 0.0925. The van der Waals surface area contributed by atoms with E-state index in [1.165, 1.54) is 0 Å². The van der Waals surface area contributed by atoms with E-state index >= 15 is 0 Å². The summed E-state index contributed by atoms with van der Waals surface area (Å²) in [5, 5.41) is 2.97. The quantitative estimate of drug-likeness (QED) is 0.535. The summed E-state index contributed by atoms with van der Waals surface area (Å²) >= 11 is 0. The maximum atomic E-state index is 12.7. The molecular formula is C20H33NO4. The first kappa shape index (κ1) is 21.5. The molecule has 0 bridgehead atoms. The number of rotatable bonds is 13. The Hall–Kier alpha value is -1.59. The van der Waals surface area contributed by atoms with Crippen molar-refractivity contribution in [3.8, 4) is 5.75 Å². The van der Waals surface area contributed by atoms with Gasteiger partial charge < -0.3 is 19.5 Å². The number of hydrogen-bond donors (Lipinski definition) is 1. The van der Waals surface area contributed by atoms with E-state index in [4.69, 9.17) is 14.2 Å². The van der Waals surface area contributed by atoms with E-state index in [0.29, 0.717) is 19.8 Å². The highest BCUT2D eigenvalue weighted by Gasteiger charge is 2.33. The molecule has 0 heterocycles. The SMILES string of the molecule is CCCCC[C@](C)(OCCC)C(=O)Nc1ccc(OCCOC)cc1. The minimum atomic E-state index is -0.793. The zero-order chi connectivity index (χ0) is 18.5. The Morgan fingerprint density at radius 3 is 2.36 bits per heavy atom. The highest BCUT2D eigenvalue weighted by Crippen LogP contribution is 2.23. The molecule has 5 heteroatoms. The first-order chi connectivity index (χ1) is 12.1. The smallest absolute Gasteiger partial charge is 0.256 e. The van der Waals surface area contributed by atoms with Crippen LogP contribution in [0.3, 0.4) is 0 Å². The number of benzene rings is 1. The Balaban J connectivity index is 2.64. The van der Waals surface area contributed by atoms with Crippen molar-refractivity contribution in [2.45, 2.75) is 58.5 Å². The van der Waals surface area contributed by atoms with Gasteiger partial charge in [-0.15, -0.1) is 0 Å². The second kappa shape index (κ2) is 11.9. The maximum Gasteiger partial charge on any atom is 0.256 e. The number of carbonyl (C=O) groups excluding carboxylic acids is 1. The van der Waals surface area contributed by atoms with E-state index in [2.05, 4.69) is 12.2 Å². The Morgan fingerprint density at radius 1 is 1.04 bits per heavy atom. The van der Waals surface area contributed by atoms with Crippen LogP contribution < -0.4 is 10.1 Å². The largest absolute Gasteiger partial charge is 0.491 e. The number of amides is 1. The fourth-order valence-electron chi connectivity index (χ4n) is 2.43. The molecule has 0 aliphatic carbocycles. The second-order valence-corrected chi connectivity index (χ2v) is 6.36. The number of anilines is 1. The third-order valence-corrected chi connectivity index (χ3v) is 4.03. The molecule has 0 aromatic heterocycles. The normalized spacial score (nSPS) is 13.3. The van der Waals surface area contributed by atoms with Crippen molar-refractivity contribution in [3.63, 3.8) is 0 Å². The molecule has 1 N–H and O–H groups in total. The molecule has 1 atom stereocenters. The van der Waals surface area contributed by atoms with Crippen LogP contribution >= 0.6 is 0 Å². The van der Waals surface area contributed by atoms with Gasteiger partial charge in [-0.25, -0.2) is 0 Å². The molecule has 0 saturated heterocycles.